The number of unbranched alkanes of at least 4 members (excludes halogenated alkanes) is 6. The first kappa shape index (κ1) is 19.9. The van der Waals surface area contributed by atoms with Crippen LogP contribution in [-0.2, 0) is 0 Å². The second-order valence-corrected chi connectivity index (χ2v) is 6.44. The van der Waals surface area contributed by atoms with Gasteiger partial charge in [0, 0.05) is 6.04 Å². The normalized spacial score (nSPS) is 13.7. The molecule has 0 fully saturated rings. The SMILES string of the molecule is C=CC[C@@H](CCCCCCCCC)N[C@H](CO)c1ccccc1. The van der Waals surface area contributed by atoms with Crippen molar-refractivity contribution in [2.45, 2.75) is 76.8 Å². The highest BCUT2D eigenvalue weighted by Crippen LogP contribution is 2.17. The lowest BCUT2D eigenvalue weighted by atomic mass is 10.0. The molecular formula is C21H35NO. The van der Waals surface area contributed by atoms with Crippen molar-refractivity contribution >= 4 is 0 Å². The minimum Gasteiger partial charge on any atom is -0.394 e. The van der Waals surface area contributed by atoms with E-state index in [2.05, 4.69) is 31.0 Å². The summed E-state index contributed by atoms with van der Waals surface area (Å²) in [5.74, 6) is 0. The minimum atomic E-state index is 0.0192. The van der Waals surface area contributed by atoms with Gasteiger partial charge in [-0.1, -0.05) is 88.3 Å². The molecule has 0 radical (unpaired) electrons. The zero-order chi connectivity index (χ0) is 16.8. The van der Waals surface area contributed by atoms with Gasteiger partial charge in [-0.15, -0.1) is 6.58 Å². The van der Waals surface area contributed by atoms with E-state index in [4.69, 9.17) is 0 Å². The van der Waals surface area contributed by atoms with Crippen LogP contribution < -0.4 is 5.32 Å². The molecule has 1 aromatic rings. The van der Waals surface area contributed by atoms with Gasteiger partial charge >= 0.3 is 0 Å². The zero-order valence-electron chi connectivity index (χ0n) is 14.8. The number of benzene rings is 1. The molecular weight excluding hydrogens is 282 g/mol. The topological polar surface area (TPSA) is 32.3 Å². The summed E-state index contributed by atoms with van der Waals surface area (Å²) in [5, 5.41) is 13.3. The van der Waals surface area contributed by atoms with Crippen LogP contribution in [0.3, 0.4) is 0 Å². The molecule has 0 aliphatic rings. The third-order valence-electron chi connectivity index (χ3n) is 4.43. The first-order valence-corrected chi connectivity index (χ1v) is 9.34. The van der Waals surface area contributed by atoms with Crippen LogP contribution in [0.5, 0.6) is 0 Å². The Balaban J connectivity index is 2.34. The van der Waals surface area contributed by atoms with Crippen molar-refractivity contribution in [2.75, 3.05) is 6.61 Å². The number of hydrogen-bond donors (Lipinski definition) is 2. The van der Waals surface area contributed by atoms with E-state index in [-0.39, 0.29) is 12.6 Å². The second kappa shape index (κ2) is 13.3. The smallest absolute Gasteiger partial charge is 0.0626 e. The highest BCUT2D eigenvalue weighted by Gasteiger charge is 2.15. The monoisotopic (exact) mass is 317 g/mol. The van der Waals surface area contributed by atoms with Crippen molar-refractivity contribution in [3.8, 4) is 0 Å². The zero-order valence-corrected chi connectivity index (χ0v) is 14.8. The van der Waals surface area contributed by atoms with Crippen LogP contribution in [0, 0.1) is 0 Å². The first-order valence-electron chi connectivity index (χ1n) is 9.34. The van der Waals surface area contributed by atoms with Crippen LogP contribution in [0.4, 0.5) is 0 Å². The van der Waals surface area contributed by atoms with Gasteiger partial charge in [0.05, 0.1) is 12.6 Å². The molecule has 0 saturated carbocycles. The van der Waals surface area contributed by atoms with Crippen molar-refractivity contribution < 1.29 is 5.11 Å². The molecule has 2 atom stereocenters. The Morgan fingerprint density at radius 2 is 1.70 bits per heavy atom. The van der Waals surface area contributed by atoms with Crippen molar-refractivity contribution in [1.82, 2.24) is 5.32 Å². The predicted molar refractivity (Wildman–Crippen MR) is 101 cm³/mol. The maximum Gasteiger partial charge on any atom is 0.0626 e. The summed E-state index contributed by atoms with van der Waals surface area (Å²) in [4.78, 5) is 0. The minimum absolute atomic E-state index is 0.0192. The van der Waals surface area contributed by atoms with Gasteiger partial charge in [-0.2, -0.15) is 0 Å². The van der Waals surface area contributed by atoms with Crippen LogP contribution >= 0.6 is 0 Å². The number of hydrogen-bond acceptors (Lipinski definition) is 2. The molecule has 0 spiro atoms. The average molecular weight is 318 g/mol. The molecule has 0 bridgehead atoms. The molecule has 2 heteroatoms. The molecule has 1 aromatic carbocycles. The van der Waals surface area contributed by atoms with Gasteiger partial charge in [-0.25, -0.2) is 0 Å². The maximum absolute atomic E-state index is 9.70. The second-order valence-electron chi connectivity index (χ2n) is 6.44. The van der Waals surface area contributed by atoms with Gasteiger partial charge in [0.2, 0.25) is 0 Å². The standard InChI is InChI=1S/C21H35NO/c1-3-5-6-7-8-9-13-17-20(14-4-2)22-21(18-23)19-15-11-10-12-16-19/h4,10-12,15-16,20-23H,2-3,5-9,13-14,17-18H2,1H3/t20-,21+/m0/s1. The summed E-state index contributed by atoms with van der Waals surface area (Å²) in [6.07, 6.45) is 13.5. The van der Waals surface area contributed by atoms with E-state index in [1.165, 1.54) is 44.9 Å². The Morgan fingerprint density at radius 1 is 1.04 bits per heavy atom. The molecule has 2 N–H and O–H groups in total. The first-order chi connectivity index (χ1) is 11.3. The fourth-order valence-electron chi connectivity index (χ4n) is 3.04. The molecule has 130 valence electrons. The summed E-state index contributed by atoms with van der Waals surface area (Å²) in [6.45, 7) is 6.28. The molecule has 0 aliphatic heterocycles. The van der Waals surface area contributed by atoms with Crippen LogP contribution in [0.25, 0.3) is 0 Å². The van der Waals surface area contributed by atoms with E-state index >= 15 is 0 Å². The van der Waals surface area contributed by atoms with Gasteiger partial charge in [-0.3, -0.25) is 0 Å². The molecule has 0 unspecified atom stereocenters. The fraction of sp³-hybridized carbons (Fsp3) is 0.619. The van der Waals surface area contributed by atoms with Crippen LogP contribution in [-0.4, -0.2) is 17.8 Å². The summed E-state index contributed by atoms with van der Waals surface area (Å²) >= 11 is 0. The van der Waals surface area contributed by atoms with Crippen molar-refractivity contribution in [2.24, 2.45) is 0 Å². The molecule has 1 rings (SSSR count). The predicted octanol–water partition coefficient (Wildman–Crippen LogP) is 5.40. The number of nitrogens with one attached hydrogen (secondary N) is 1. The molecule has 0 aromatic heterocycles. The summed E-state index contributed by atoms with van der Waals surface area (Å²) in [7, 11) is 0. The third kappa shape index (κ3) is 8.92. The van der Waals surface area contributed by atoms with E-state index in [9.17, 15) is 5.11 Å². The van der Waals surface area contributed by atoms with E-state index in [0.29, 0.717) is 6.04 Å². The molecule has 2 nitrogen and oxygen atoms in total. The average Bonchev–Trinajstić information content (AvgIpc) is 2.59. The molecule has 0 saturated heterocycles. The van der Waals surface area contributed by atoms with Gasteiger partial charge in [0.1, 0.15) is 0 Å². The summed E-state index contributed by atoms with van der Waals surface area (Å²) in [5.41, 5.74) is 1.16. The van der Waals surface area contributed by atoms with E-state index < -0.39 is 0 Å². The molecule has 0 heterocycles. The highest BCUT2D eigenvalue weighted by atomic mass is 16.3. The van der Waals surface area contributed by atoms with Crippen molar-refractivity contribution in [1.29, 1.82) is 0 Å². The summed E-state index contributed by atoms with van der Waals surface area (Å²) in [6, 6.07) is 10.6. The lowest BCUT2D eigenvalue weighted by molar-refractivity contribution is 0.229. The third-order valence-corrected chi connectivity index (χ3v) is 4.43. The van der Waals surface area contributed by atoms with E-state index in [1.54, 1.807) is 0 Å². The molecule has 23 heavy (non-hydrogen) atoms. The number of rotatable bonds is 14. The molecule has 0 amide bonds. The summed E-state index contributed by atoms with van der Waals surface area (Å²) < 4.78 is 0. The largest absolute Gasteiger partial charge is 0.394 e. The Morgan fingerprint density at radius 3 is 2.30 bits per heavy atom. The lowest BCUT2D eigenvalue weighted by Gasteiger charge is -2.24. The van der Waals surface area contributed by atoms with Crippen molar-refractivity contribution in [3.05, 3.63) is 48.6 Å². The Hall–Kier alpha value is -1.12. The number of aliphatic hydroxyl groups is 1. The van der Waals surface area contributed by atoms with E-state index in [1.807, 2.05) is 24.3 Å². The Labute approximate surface area is 143 Å². The number of aliphatic hydroxyl groups excluding tert-OH is 1. The highest BCUT2D eigenvalue weighted by molar-refractivity contribution is 5.19. The lowest BCUT2D eigenvalue weighted by Crippen LogP contribution is -2.34. The Kier molecular flexibility index (Phi) is 11.5. The fourth-order valence-corrected chi connectivity index (χ4v) is 3.04. The van der Waals surface area contributed by atoms with Gasteiger partial charge in [-0.05, 0) is 18.4 Å². The van der Waals surface area contributed by atoms with Gasteiger partial charge < -0.3 is 10.4 Å². The van der Waals surface area contributed by atoms with Gasteiger partial charge in [0.15, 0.2) is 0 Å². The van der Waals surface area contributed by atoms with Gasteiger partial charge in [0.25, 0.3) is 0 Å². The maximum atomic E-state index is 9.70. The Bertz CT molecular complexity index is 390. The molecule has 0 aliphatic carbocycles. The van der Waals surface area contributed by atoms with Crippen LogP contribution in [0.1, 0.15) is 76.3 Å². The van der Waals surface area contributed by atoms with E-state index in [0.717, 1.165) is 18.4 Å². The quantitative estimate of drug-likeness (QED) is 0.356. The van der Waals surface area contributed by atoms with Crippen molar-refractivity contribution in [3.63, 3.8) is 0 Å². The van der Waals surface area contributed by atoms with Crippen LogP contribution in [0.15, 0.2) is 43.0 Å². The van der Waals surface area contributed by atoms with Crippen LogP contribution in [0.2, 0.25) is 0 Å².